The summed E-state index contributed by atoms with van der Waals surface area (Å²) in [7, 11) is -4.11. The summed E-state index contributed by atoms with van der Waals surface area (Å²) in [5.74, 6) is -4.68. The third-order valence-corrected chi connectivity index (χ3v) is 5.77. The molecule has 0 aliphatic carbocycles. The second-order valence-corrected chi connectivity index (χ2v) is 7.13. The highest BCUT2D eigenvalue weighted by Gasteiger charge is 2.37. The molecule has 1 aromatic rings. The lowest BCUT2D eigenvalue weighted by Gasteiger charge is -2.38. The number of piperidine rings is 1. The summed E-state index contributed by atoms with van der Waals surface area (Å²) in [4.78, 5) is -0.591. The van der Waals surface area contributed by atoms with Gasteiger partial charge < -0.3 is 5.73 Å². The molecule has 2 rings (SSSR count). The maximum absolute atomic E-state index is 13.3. The van der Waals surface area contributed by atoms with Crippen LogP contribution in [0.5, 0.6) is 0 Å². The molecule has 0 bridgehead atoms. The third-order valence-electron chi connectivity index (χ3n) is 3.87. The van der Waals surface area contributed by atoms with Gasteiger partial charge in [0.1, 0.15) is 0 Å². The fourth-order valence-electron chi connectivity index (χ4n) is 2.68. The molecule has 4 nitrogen and oxygen atoms in total. The van der Waals surface area contributed by atoms with Crippen molar-refractivity contribution in [3.8, 4) is 0 Å². The number of hydrogen-bond acceptors (Lipinski definition) is 3. The van der Waals surface area contributed by atoms with Crippen LogP contribution in [0, 0.1) is 23.4 Å². The Labute approximate surface area is 121 Å². The zero-order chi connectivity index (χ0) is 15.8. The highest BCUT2D eigenvalue weighted by atomic mass is 32.2. The first kappa shape index (κ1) is 16.3. The maximum atomic E-state index is 13.3. The van der Waals surface area contributed by atoms with Gasteiger partial charge in [0.05, 0.1) is 4.90 Å². The summed E-state index contributed by atoms with van der Waals surface area (Å²) >= 11 is 0. The van der Waals surface area contributed by atoms with Gasteiger partial charge in [-0.1, -0.05) is 6.92 Å². The summed E-state index contributed by atoms with van der Waals surface area (Å²) in [6.45, 7) is 2.23. The lowest BCUT2D eigenvalue weighted by atomic mass is 9.93. The highest BCUT2D eigenvalue weighted by molar-refractivity contribution is 7.89. The van der Waals surface area contributed by atoms with Crippen LogP contribution in [0.25, 0.3) is 0 Å². The van der Waals surface area contributed by atoms with Gasteiger partial charge in [0, 0.05) is 19.1 Å². The zero-order valence-electron chi connectivity index (χ0n) is 11.5. The average molecular weight is 322 g/mol. The second kappa shape index (κ2) is 5.94. The Balaban J connectivity index is 2.46. The Morgan fingerprint density at radius 2 is 1.86 bits per heavy atom. The van der Waals surface area contributed by atoms with Crippen molar-refractivity contribution in [3.05, 3.63) is 29.6 Å². The Hall–Kier alpha value is -1.12. The standard InChI is InChI=1S/C13H17F3N2O2S/c1-8-3-2-4-18(12(8)7-17)21(19,20)9-5-10(14)13(16)11(15)6-9/h5-6,8,12H,2-4,7,17H2,1H3/t8-,12+/m0/s1. The molecule has 1 fully saturated rings. The Kier molecular flexibility index (Phi) is 4.60. The Bertz CT molecular complexity index is 613. The molecule has 0 unspecified atom stereocenters. The van der Waals surface area contributed by atoms with E-state index >= 15 is 0 Å². The molecule has 0 amide bonds. The van der Waals surface area contributed by atoms with Gasteiger partial charge in [-0.3, -0.25) is 0 Å². The predicted molar refractivity (Wildman–Crippen MR) is 71.4 cm³/mol. The Morgan fingerprint density at radius 1 is 1.29 bits per heavy atom. The molecule has 0 aromatic heterocycles. The molecule has 1 saturated heterocycles. The van der Waals surface area contributed by atoms with E-state index in [2.05, 4.69) is 0 Å². The molecule has 1 aromatic carbocycles. The number of benzene rings is 1. The number of halogens is 3. The van der Waals surface area contributed by atoms with Crippen LogP contribution in [0.4, 0.5) is 13.2 Å². The number of nitrogens with two attached hydrogens (primary N) is 1. The van der Waals surface area contributed by atoms with Crippen LogP contribution in [0.15, 0.2) is 17.0 Å². The number of rotatable bonds is 3. The molecule has 8 heteroatoms. The minimum atomic E-state index is -4.11. The third kappa shape index (κ3) is 2.93. The van der Waals surface area contributed by atoms with Crippen molar-refractivity contribution >= 4 is 10.0 Å². The van der Waals surface area contributed by atoms with E-state index in [9.17, 15) is 21.6 Å². The number of sulfonamides is 1. The lowest BCUT2D eigenvalue weighted by Crippen LogP contribution is -2.51. The van der Waals surface area contributed by atoms with Gasteiger partial charge in [0.2, 0.25) is 10.0 Å². The van der Waals surface area contributed by atoms with Crippen LogP contribution in [-0.4, -0.2) is 31.9 Å². The van der Waals surface area contributed by atoms with Crippen molar-refractivity contribution in [2.45, 2.75) is 30.7 Å². The van der Waals surface area contributed by atoms with Gasteiger partial charge in [0.25, 0.3) is 0 Å². The SMILES string of the molecule is C[C@H]1CCCN(S(=O)(=O)c2cc(F)c(F)c(F)c2)[C@@H]1CN. The van der Waals surface area contributed by atoms with Crippen molar-refractivity contribution < 1.29 is 21.6 Å². The second-order valence-electron chi connectivity index (χ2n) is 5.24. The van der Waals surface area contributed by atoms with E-state index < -0.39 is 38.4 Å². The van der Waals surface area contributed by atoms with Crippen LogP contribution >= 0.6 is 0 Å². The molecule has 2 atom stereocenters. The lowest BCUT2D eigenvalue weighted by molar-refractivity contribution is 0.192. The maximum Gasteiger partial charge on any atom is 0.243 e. The molecule has 0 spiro atoms. The van der Waals surface area contributed by atoms with E-state index in [0.29, 0.717) is 18.6 Å². The fourth-order valence-corrected chi connectivity index (χ4v) is 4.47. The van der Waals surface area contributed by atoms with E-state index in [4.69, 9.17) is 5.73 Å². The molecule has 21 heavy (non-hydrogen) atoms. The Morgan fingerprint density at radius 3 is 2.38 bits per heavy atom. The molecule has 0 saturated carbocycles. The topological polar surface area (TPSA) is 63.4 Å². The minimum absolute atomic E-state index is 0.0497. The molecule has 0 radical (unpaired) electrons. The normalized spacial score (nSPS) is 24.2. The molecule has 2 N–H and O–H groups in total. The monoisotopic (exact) mass is 322 g/mol. The van der Waals surface area contributed by atoms with Crippen molar-refractivity contribution in [1.29, 1.82) is 0 Å². The molecular weight excluding hydrogens is 305 g/mol. The van der Waals surface area contributed by atoms with Crippen LogP contribution in [0.1, 0.15) is 19.8 Å². The number of hydrogen-bond donors (Lipinski definition) is 1. The van der Waals surface area contributed by atoms with Gasteiger partial charge in [-0.05, 0) is 30.9 Å². The molecule has 118 valence electrons. The molecule has 1 aliphatic rings. The van der Waals surface area contributed by atoms with Crippen molar-refractivity contribution in [2.75, 3.05) is 13.1 Å². The van der Waals surface area contributed by atoms with Crippen molar-refractivity contribution in [1.82, 2.24) is 4.31 Å². The first-order valence-corrected chi connectivity index (χ1v) is 8.09. The smallest absolute Gasteiger partial charge is 0.243 e. The zero-order valence-corrected chi connectivity index (χ0v) is 12.3. The first-order chi connectivity index (χ1) is 9.78. The van der Waals surface area contributed by atoms with Crippen LogP contribution in [0.2, 0.25) is 0 Å². The van der Waals surface area contributed by atoms with E-state index in [1.165, 1.54) is 0 Å². The molecule has 1 aliphatic heterocycles. The average Bonchev–Trinajstić information content (AvgIpc) is 2.43. The summed E-state index contributed by atoms with van der Waals surface area (Å²) in [6, 6.07) is 0.571. The van der Waals surface area contributed by atoms with Gasteiger partial charge >= 0.3 is 0 Å². The van der Waals surface area contributed by atoms with Gasteiger partial charge in [0.15, 0.2) is 17.5 Å². The van der Waals surface area contributed by atoms with Gasteiger partial charge in [-0.15, -0.1) is 0 Å². The van der Waals surface area contributed by atoms with E-state index in [0.717, 1.165) is 10.7 Å². The summed E-state index contributed by atoms with van der Waals surface area (Å²) < 4.78 is 65.7. The van der Waals surface area contributed by atoms with Crippen LogP contribution in [-0.2, 0) is 10.0 Å². The predicted octanol–water partition coefficient (Wildman–Crippen LogP) is 1.85. The summed E-state index contributed by atoms with van der Waals surface area (Å²) in [5, 5.41) is 0. The van der Waals surface area contributed by atoms with E-state index in [-0.39, 0.29) is 19.0 Å². The van der Waals surface area contributed by atoms with E-state index in [1.807, 2.05) is 6.92 Å². The minimum Gasteiger partial charge on any atom is -0.329 e. The van der Waals surface area contributed by atoms with Crippen LogP contribution < -0.4 is 5.73 Å². The molecular formula is C13H17F3N2O2S. The summed E-state index contributed by atoms with van der Waals surface area (Å²) in [6.07, 6.45) is 1.48. The fraction of sp³-hybridized carbons (Fsp3) is 0.538. The first-order valence-electron chi connectivity index (χ1n) is 6.65. The number of nitrogens with zero attached hydrogens (tertiary/aromatic N) is 1. The highest BCUT2D eigenvalue weighted by Crippen LogP contribution is 2.29. The van der Waals surface area contributed by atoms with Gasteiger partial charge in [-0.2, -0.15) is 4.31 Å². The van der Waals surface area contributed by atoms with Crippen molar-refractivity contribution in [3.63, 3.8) is 0 Å². The van der Waals surface area contributed by atoms with Crippen LogP contribution in [0.3, 0.4) is 0 Å². The largest absolute Gasteiger partial charge is 0.329 e. The van der Waals surface area contributed by atoms with Gasteiger partial charge in [-0.25, -0.2) is 21.6 Å². The quantitative estimate of drug-likeness (QED) is 0.864. The molecule has 1 heterocycles. The van der Waals surface area contributed by atoms with E-state index in [1.54, 1.807) is 0 Å². The van der Waals surface area contributed by atoms with Crippen molar-refractivity contribution in [2.24, 2.45) is 11.7 Å². The summed E-state index contributed by atoms with van der Waals surface area (Å²) in [5.41, 5.74) is 5.63.